The molecule has 0 saturated carbocycles. The Morgan fingerprint density at radius 1 is 1.15 bits per heavy atom. The van der Waals surface area contributed by atoms with Crippen LogP contribution >= 0.6 is 11.6 Å². The van der Waals surface area contributed by atoms with E-state index in [9.17, 15) is 4.39 Å². The topological polar surface area (TPSA) is 26.0 Å². The first-order valence-corrected chi connectivity index (χ1v) is 7.12. The molecule has 106 valence electrons. The third-order valence-corrected chi connectivity index (χ3v) is 3.82. The maximum Gasteiger partial charge on any atom is 0.126 e. The number of nitrogens with two attached hydrogens (primary N) is 1. The van der Waals surface area contributed by atoms with E-state index in [0.29, 0.717) is 17.0 Å². The molecule has 20 heavy (non-hydrogen) atoms. The molecule has 0 aromatic heterocycles. The number of hydrogen-bond donors (Lipinski definition) is 1. The van der Waals surface area contributed by atoms with E-state index in [2.05, 4.69) is 19.1 Å². The van der Waals surface area contributed by atoms with Crippen molar-refractivity contribution in [1.29, 1.82) is 0 Å². The van der Waals surface area contributed by atoms with Gasteiger partial charge in [-0.1, -0.05) is 42.8 Å². The summed E-state index contributed by atoms with van der Waals surface area (Å²) in [4.78, 5) is 0. The van der Waals surface area contributed by atoms with Crippen molar-refractivity contribution in [1.82, 2.24) is 0 Å². The Morgan fingerprint density at radius 2 is 1.80 bits per heavy atom. The highest BCUT2D eigenvalue weighted by atomic mass is 35.5. The SMILES string of the molecule is CCc1ccc(C(C)(N)Cc2cc(Cl)ccc2F)cc1. The van der Waals surface area contributed by atoms with Gasteiger partial charge in [0.25, 0.3) is 0 Å². The number of aryl methyl sites for hydroxylation is 1. The standard InChI is InChI=1S/C17H19ClFN/c1-3-12-4-6-14(7-5-12)17(2,20)11-13-10-15(18)8-9-16(13)19/h4-10H,3,11,20H2,1-2H3. The normalized spacial score (nSPS) is 14.1. The summed E-state index contributed by atoms with van der Waals surface area (Å²) in [5.74, 6) is -0.267. The molecule has 0 amide bonds. The minimum atomic E-state index is -0.627. The quantitative estimate of drug-likeness (QED) is 0.884. The Morgan fingerprint density at radius 3 is 2.40 bits per heavy atom. The van der Waals surface area contributed by atoms with Crippen molar-refractivity contribution >= 4 is 11.6 Å². The predicted octanol–water partition coefficient (Wildman–Crippen LogP) is 4.46. The lowest BCUT2D eigenvalue weighted by atomic mass is 9.86. The van der Waals surface area contributed by atoms with Crippen LogP contribution in [0.3, 0.4) is 0 Å². The summed E-state index contributed by atoms with van der Waals surface area (Å²) in [5.41, 5.74) is 8.54. The van der Waals surface area contributed by atoms with Gasteiger partial charge in [0.1, 0.15) is 5.82 Å². The van der Waals surface area contributed by atoms with Crippen LogP contribution in [0.2, 0.25) is 5.02 Å². The minimum absolute atomic E-state index is 0.267. The van der Waals surface area contributed by atoms with E-state index < -0.39 is 5.54 Å². The highest BCUT2D eigenvalue weighted by Gasteiger charge is 2.23. The second-order valence-corrected chi connectivity index (χ2v) is 5.82. The Labute approximate surface area is 124 Å². The van der Waals surface area contributed by atoms with Crippen LogP contribution in [0, 0.1) is 5.82 Å². The van der Waals surface area contributed by atoms with E-state index in [1.165, 1.54) is 11.6 Å². The zero-order valence-electron chi connectivity index (χ0n) is 11.8. The molecule has 2 aromatic carbocycles. The predicted molar refractivity (Wildman–Crippen MR) is 82.5 cm³/mol. The fraction of sp³-hybridized carbons (Fsp3) is 0.294. The molecule has 1 unspecified atom stereocenters. The number of hydrogen-bond acceptors (Lipinski definition) is 1. The van der Waals surface area contributed by atoms with Gasteiger partial charge in [-0.3, -0.25) is 0 Å². The van der Waals surface area contributed by atoms with Crippen LogP contribution in [-0.4, -0.2) is 0 Å². The van der Waals surface area contributed by atoms with Crippen molar-refractivity contribution < 1.29 is 4.39 Å². The van der Waals surface area contributed by atoms with Crippen LogP contribution in [0.15, 0.2) is 42.5 Å². The molecule has 0 saturated heterocycles. The first-order chi connectivity index (χ1) is 9.42. The van der Waals surface area contributed by atoms with Gasteiger partial charge in [-0.15, -0.1) is 0 Å². The van der Waals surface area contributed by atoms with E-state index in [4.69, 9.17) is 17.3 Å². The van der Waals surface area contributed by atoms with E-state index in [0.717, 1.165) is 12.0 Å². The Kier molecular flexibility index (Phi) is 4.46. The lowest BCUT2D eigenvalue weighted by Crippen LogP contribution is -2.35. The van der Waals surface area contributed by atoms with Gasteiger partial charge in [0.2, 0.25) is 0 Å². The summed E-state index contributed by atoms with van der Waals surface area (Å²) in [5, 5.41) is 0.526. The molecular formula is C17H19ClFN. The number of halogens is 2. The van der Waals surface area contributed by atoms with Crippen molar-refractivity contribution in [2.75, 3.05) is 0 Å². The van der Waals surface area contributed by atoms with Crippen molar-refractivity contribution in [3.63, 3.8) is 0 Å². The average Bonchev–Trinajstić information content (AvgIpc) is 2.43. The first-order valence-electron chi connectivity index (χ1n) is 6.74. The van der Waals surface area contributed by atoms with Crippen LogP contribution in [0.1, 0.15) is 30.5 Å². The van der Waals surface area contributed by atoms with E-state index in [1.54, 1.807) is 12.1 Å². The molecule has 0 fully saturated rings. The molecule has 0 aliphatic heterocycles. The summed E-state index contributed by atoms with van der Waals surface area (Å²) < 4.78 is 13.8. The lowest BCUT2D eigenvalue weighted by molar-refractivity contribution is 0.475. The smallest absolute Gasteiger partial charge is 0.126 e. The maximum absolute atomic E-state index is 13.8. The van der Waals surface area contributed by atoms with Crippen LogP contribution in [-0.2, 0) is 18.4 Å². The lowest BCUT2D eigenvalue weighted by Gasteiger charge is -2.26. The molecule has 0 aliphatic rings. The Bertz CT molecular complexity index is 590. The minimum Gasteiger partial charge on any atom is -0.321 e. The fourth-order valence-corrected chi connectivity index (χ4v) is 2.49. The summed E-state index contributed by atoms with van der Waals surface area (Å²) >= 11 is 5.92. The van der Waals surface area contributed by atoms with Crippen molar-refractivity contribution in [2.45, 2.75) is 32.2 Å². The molecule has 0 aliphatic carbocycles. The molecule has 0 spiro atoms. The van der Waals surface area contributed by atoms with Gasteiger partial charge in [0, 0.05) is 10.6 Å². The van der Waals surface area contributed by atoms with Crippen molar-refractivity contribution in [2.24, 2.45) is 5.73 Å². The second kappa shape index (κ2) is 5.94. The largest absolute Gasteiger partial charge is 0.321 e. The number of benzene rings is 2. The van der Waals surface area contributed by atoms with Gasteiger partial charge in [0.15, 0.2) is 0 Å². The van der Waals surface area contributed by atoms with Gasteiger partial charge in [0.05, 0.1) is 0 Å². The summed E-state index contributed by atoms with van der Waals surface area (Å²) in [6.45, 7) is 4.02. The number of rotatable bonds is 4. The van der Waals surface area contributed by atoms with Crippen molar-refractivity contribution in [3.05, 3.63) is 70.0 Å². The summed E-state index contributed by atoms with van der Waals surface area (Å²) in [6, 6.07) is 12.7. The highest BCUT2D eigenvalue weighted by molar-refractivity contribution is 6.30. The van der Waals surface area contributed by atoms with E-state index in [1.807, 2.05) is 19.1 Å². The summed E-state index contributed by atoms with van der Waals surface area (Å²) in [6.07, 6.45) is 1.40. The van der Waals surface area contributed by atoms with Crippen LogP contribution in [0.5, 0.6) is 0 Å². The van der Waals surface area contributed by atoms with Gasteiger partial charge in [-0.2, -0.15) is 0 Å². The highest BCUT2D eigenvalue weighted by Crippen LogP contribution is 2.26. The van der Waals surface area contributed by atoms with E-state index in [-0.39, 0.29) is 5.82 Å². The third kappa shape index (κ3) is 3.38. The molecule has 1 nitrogen and oxygen atoms in total. The van der Waals surface area contributed by atoms with Crippen molar-refractivity contribution in [3.8, 4) is 0 Å². The molecule has 2 aromatic rings. The molecule has 1 atom stereocenters. The molecule has 3 heteroatoms. The molecule has 0 bridgehead atoms. The Balaban J connectivity index is 2.27. The van der Waals surface area contributed by atoms with Gasteiger partial charge >= 0.3 is 0 Å². The molecule has 2 rings (SSSR count). The first kappa shape index (κ1) is 15.0. The molecular weight excluding hydrogens is 273 g/mol. The maximum atomic E-state index is 13.8. The van der Waals surface area contributed by atoms with Crippen LogP contribution < -0.4 is 5.73 Å². The van der Waals surface area contributed by atoms with Crippen LogP contribution in [0.4, 0.5) is 4.39 Å². The second-order valence-electron chi connectivity index (χ2n) is 5.38. The molecule has 0 radical (unpaired) electrons. The third-order valence-electron chi connectivity index (χ3n) is 3.59. The van der Waals surface area contributed by atoms with Gasteiger partial charge < -0.3 is 5.73 Å². The monoisotopic (exact) mass is 291 g/mol. The van der Waals surface area contributed by atoms with Gasteiger partial charge in [-0.25, -0.2) is 4.39 Å². The fourth-order valence-electron chi connectivity index (χ4n) is 2.30. The van der Waals surface area contributed by atoms with E-state index >= 15 is 0 Å². The average molecular weight is 292 g/mol. The van der Waals surface area contributed by atoms with Gasteiger partial charge in [-0.05, 0) is 54.7 Å². The zero-order valence-corrected chi connectivity index (χ0v) is 12.5. The molecule has 0 heterocycles. The Hall–Kier alpha value is -1.38. The molecule has 2 N–H and O–H groups in total. The zero-order chi connectivity index (χ0) is 14.8. The summed E-state index contributed by atoms with van der Waals surface area (Å²) in [7, 11) is 0. The van der Waals surface area contributed by atoms with Crippen LogP contribution in [0.25, 0.3) is 0 Å².